The number of rotatable bonds is 5. The van der Waals surface area contributed by atoms with Gasteiger partial charge in [0, 0.05) is 43.9 Å². The smallest absolute Gasteiger partial charge is 0.132 e. The van der Waals surface area contributed by atoms with Crippen LogP contribution in [0.3, 0.4) is 0 Å². The minimum Gasteiger partial charge on any atom is -0.304 e. The Bertz CT molecular complexity index is 1310. The average Bonchev–Trinajstić information content (AvgIpc) is 3.29. The van der Waals surface area contributed by atoms with E-state index in [0.717, 1.165) is 60.8 Å². The van der Waals surface area contributed by atoms with E-state index in [4.69, 9.17) is 5.26 Å². The third kappa shape index (κ3) is 4.49. The third-order valence-corrected chi connectivity index (χ3v) is 6.42. The molecule has 1 aromatic heterocycles. The number of hydrogen-bond acceptors (Lipinski definition) is 4. The van der Waals surface area contributed by atoms with Gasteiger partial charge < -0.3 is 4.90 Å². The van der Waals surface area contributed by atoms with Crippen molar-refractivity contribution in [3.05, 3.63) is 95.9 Å². The number of hydrogen-bond donors (Lipinski definition) is 0. The molecule has 0 N–H and O–H groups in total. The monoisotopic (exact) mass is 451 g/mol. The molecule has 0 atom stereocenters. The maximum absolute atomic E-state index is 14.9. The molecule has 1 saturated heterocycles. The molecule has 3 aromatic carbocycles. The van der Waals surface area contributed by atoms with Crippen LogP contribution in [0.4, 0.5) is 4.39 Å². The normalized spacial score (nSPS) is 14.7. The number of nitrogens with zero attached hydrogens (tertiary/aromatic N) is 5. The fourth-order valence-corrected chi connectivity index (χ4v) is 4.41. The Morgan fingerprint density at radius 1 is 0.882 bits per heavy atom. The number of benzene rings is 3. The molecule has 5 nitrogen and oxygen atoms in total. The topological polar surface area (TPSA) is 48.1 Å². The van der Waals surface area contributed by atoms with Crippen LogP contribution in [-0.2, 0) is 6.54 Å². The summed E-state index contributed by atoms with van der Waals surface area (Å²) in [6, 6.07) is 24.6. The lowest BCUT2D eigenvalue weighted by atomic mass is 10.0. The van der Waals surface area contributed by atoms with Gasteiger partial charge in [-0.2, -0.15) is 10.4 Å². The van der Waals surface area contributed by atoms with Crippen LogP contribution in [0.15, 0.2) is 79.0 Å². The fourth-order valence-electron chi connectivity index (χ4n) is 4.41. The van der Waals surface area contributed by atoms with Gasteiger partial charge in [0.25, 0.3) is 0 Å². The second kappa shape index (κ2) is 9.60. The van der Waals surface area contributed by atoms with Crippen molar-refractivity contribution in [2.75, 3.05) is 33.2 Å². The van der Waals surface area contributed by atoms with Crippen molar-refractivity contribution in [1.29, 1.82) is 5.26 Å². The first kappa shape index (κ1) is 22.0. The van der Waals surface area contributed by atoms with Gasteiger partial charge in [0.15, 0.2) is 0 Å². The Labute approximate surface area is 199 Å². The lowest BCUT2D eigenvalue weighted by molar-refractivity contribution is 0.148. The van der Waals surface area contributed by atoms with Crippen molar-refractivity contribution in [1.82, 2.24) is 19.6 Å². The Balaban J connectivity index is 1.50. The average molecular weight is 452 g/mol. The molecule has 0 radical (unpaired) electrons. The molecule has 34 heavy (non-hydrogen) atoms. The van der Waals surface area contributed by atoms with Crippen molar-refractivity contribution in [2.24, 2.45) is 0 Å². The van der Waals surface area contributed by atoms with Crippen LogP contribution in [0.25, 0.3) is 28.1 Å². The fraction of sp³-hybridized carbons (Fsp3) is 0.214. The van der Waals surface area contributed by atoms with Crippen LogP contribution >= 0.6 is 0 Å². The predicted molar refractivity (Wildman–Crippen MR) is 132 cm³/mol. The summed E-state index contributed by atoms with van der Waals surface area (Å²) in [4.78, 5) is 4.73. The second-order valence-corrected chi connectivity index (χ2v) is 8.73. The van der Waals surface area contributed by atoms with E-state index >= 15 is 0 Å². The van der Waals surface area contributed by atoms with Gasteiger partial charge in [-0.15, -0.1) is 0 Å². The highest BCUT2D eigenvalue weighted by molar-refractivity contribution is 5.69. The number of halogens is 1. The molecule has 0 bridgehead atoms. The summed E-state index contributed by atoms with van der Waals surface area (Å²) in [7, 11) is 2.14. The molecule has 0 spiro atoms. The predicted octanol–water partition coefficient (Wildman–Crippen LogP) is 4.96. The van der Waals surface area contributed by atoms with Gasteiger partial charge in [0.2, 0.25) is 0 Å². The van der Waals surface area contributed by atoms with Crippen molar-refractivity contribution in [3.8, 4) is 34.1 Å². The minimum atomic E-state index is -0.252. The van der Waals surface area contributed by atoms with E-state index in [9.17, 15) is 4.39 Å². The summed E-state index contributed by atoms with van der Waals surface area (Å²) in [6.07, 6.45) is 1.87. The van der Waals surface area contributed by atoms with Crippen LogP contribution in [0, 0.1) is 17.1 Å². The first-order valence-electron chi connectivity index (χ1n) is 11.5. The first-order chi connectivity index (χ1) is 16.6. The molecular formula is C28H26FN5. The largest absolute Gasteiger partial charge is 0.304 e. The lowest BCUT2D eigenvalue weighted by Gasteiger charge is -2.32. The molecule has 0 aliphatic carbocycles. The van der Waals surface area contributed by atoms with Crippen LogP contribution in [-0.4, -0.2) is 52.8 Å². The number of piperazine rings is 1. The Kier molecular flexibility index (Phi) is 6.22. The molecule has 1 fully saturated rings. The lowest BCUT2D eigenvalue weighted by Crippen LogP contribution is -2.43. The third-order valence-electron chi connectivity index (χ3n) is 6.42. The van der Waals surface area contributed by atoms with Gasteiger partial charge in [-0.1, -0.05) is 36.4 Å². The van der Waals surface area contributed by atoms with E-state index < -0.39 is 0 Å². The molecule has 5 rings (SSSR count). The molecule has 2 heterocycles. The van der Waals surface area contributed by atoms with Crippen LogP contribution in [0.5, 0.6) is 0 Å². The highest BCUT2D eigenvalue weighted by Gasteiger charge is 2.21. The molecule has 4 aromatic rings. The number of aromatic nitrogens is 2. The van der Waals surface area contributed by atoms with E-state index in [1.165, 1.54) is 6.07 Å². The molecule has 6 heteroatoms. The van der Waals surface area contributed by atoms with E-state index in [-0.39, 0.29) is 5.82 Å². The Hall–Kier alpha value is -3.79. The molecule has 0 saturated carbocycles. The Morgan fingerprint density at radius 3 is 2.18 bits per heavy atom. The van der Waals surface area contributed by atoms with Crippen molar-refractivity contribution in [2.45, 2.75) is 6.54 Å². The summed E-state index contributed by atoms with van der Waals surface area (Å²) < 4.78 is 16.8. The first-order valence-corrected chi connectivity index (χ1v) is 11.5. The Morgan fingerprint density at radius 2 is 1.53 bits per heavy atom. The van der Waals surface area contributed by atoms with E-state index in [1.807, 2.05) is 71.5 Å². The molecule has 170 valence electrons. The zero-order valence-electron chi connectivity index (χ0n) is 19.2. The van der Waals surface area contributed by atoms with E-state index in [0.29, 0.717) is 11.1 Å². The van der Waals surface area contributed by atoms with Gasteiger partial charge in [-0.05, 0) is 54.6 Å². The zero-order chi connectivity index (χ0) is 23.5. The van der Waals surface area contributed by atoms with Gasteiger partial charge in [-0.25, -0.2) is 9.07 Å². The standard InChI is InChI=1S/C28H26FN5/c1-32-14-16-33(17-15-32)20-24-19-31-34(28(24)26-4-2-3-5-27(26)29)25-12-10-23(11-13-25)22-8-6-21(18-30)7-9-22/h2-13,19H,14-17,20H2,1H3. The summed E-state index contributed by atoms with van der Waals surface area (Å²) >= 11 is 0. The van der Waals surface area contributed by atoms with Gasteiger partial charge in [0.05, 0.1) is 29.2 Å². The van der Waals surface area contributed by atoms with Crippen molar-refractivity contribution < 1.29 is 4.39 Å². The van der Waals surface area contributed by atoms with Gasteiger partial charge in [0.1, 0.15) is 5.82 Å². The molecular weight excluding hydrogens is 425 g/mol. The van der Waals surface area contributed by atoms with Crippen LogP contribution < -0.4 is 0 Å². The summed E-state index contributed by atoms with van der Waals surface area (Å²) in [5.74, 6) is -0.252. The maximum Gasteiger partial charge on any atom is 0.132 e. The summed E-state index contributed by atoms with van der Waals surface area (Å²) in [6.45, 7) is 4.76. The summed E-state index contributed by atoms with van der Waals surface area (Å²) in [5, 5.41) is 13.7. The van der Waals surface area contributed by atoms with Crippen LogP contribution in [0.1, 0.15) is 11.1 Å². The molecule has 0 amide bonds. The van der Waals surface area contributed by atoms with Crippen molar-refractivity contribution >= 4 is 0 Å². The molecule has 0 unspecified atom stereocenters. The second-order valence-electron chi connectivity index (χ2n) is 8.73. The van der Waals surface area contributed by atoms with Crippen LogP contribution in [0.2, 0.25) is 0 Å². The molecule has 1 aliphatic rings. The van der Waals surface area contributed by atoms with Gasteiger partial charge in [-0.3, -0.25) is 4.90 Å². The summed E-state index contributed by atoms with van der Waals surface area (Å²) in [5.41, 5.74) is 5.97. The van der Waals surface area contributed by atoms with E-state index in [2.05, 4.69) is 28.0 Å². The maximum atomic E-state index is 14.9. The number of nitriles is 1. The zero-order valence-corrected chi connectivity index (χ0v) is 19.2. The highest BCUT2D eigenvalue weighted by atomic mass is 19.1. The molecule has 1 aliphatic heterocycles. The van der Waals surface area contributed by atoms with E-state index in [1.54, 1.807) is 6.07 Å². The highest BCUT2D eigenvalue weighted by Crippen LogP contribution is 2.31. The van der Waals surface area contributed by atoms with Gasteiger partial charge >= 0.3 is 0 Å². The quantitative estimate of drug-likeness (QED) is 0.430. The number of likely N-dealkylation sites (N-methyl/N-ethyl adjacent to an activating group) is 1. The minimum absolute atomic E-state index is 0.252. The van der Waals surface area contributed by atoms with Crippen molar-refractivity contribution in [3.63, 3.8) is 0 Å². The SMILES string of the molecule is CN1CCN(Cc2cnn(-c3ccc(-c4ccc(C#N)cc4)cc3)c2-c2ccccc2F)CC1.